The standard InChI is InChI=1S/C20H33N5O3/c1-20(2,3)28-19(27)23-9-5-4-6-17(21)18(26)25-14-12-24(13-15-25)16-7-10-22-11-8-16/h7-8,10-11,17H,4-6,9,12-15,21H2,1-3H3,(H,23,27)/t17-/m1/s1. The van der Waals surface area contributed by atoms with E-state index >= 15 is 0 Å². The van der Waals surface area contributed by atoms with Crippen LogP contribution in [0.3, 0.4) is 0 Å². The smallest absolute Gasteiger partial charge is 0.407 e. The van der Waals surface area contributed by atoms with Crippen molar-refractivity contribution in [2.24, 2.45) is 5.73 Å². The van der Waals surface area contributed by atoms with E-state index < -0.39 is 17.7 Å². The molecule has 1 fully saturated rings. The number of nitrogens with one attached hydrogen (secondary N) is 1. The molecular weight excluding hydrogens is 358 g/mol. The second-order valence-corrected chi connectivity index (χ2v) is 8.05. The van der Waals surface area contributed by atoms with Crippen LogP contribution in [0.4, 0.5) is 10.5 Å². The van der Waals surface area contributed by atoms with E-state index in [0.717, 1.165) is 31.6 Å². The van der Waals surface area contributed by atoms with Gasteiger partial charge in [0.15, 0.2) is 0 Å². The highest BCUT2D eigenvalue weighted by atomic mass is 16.6. The average Bonchev–Trinajstić information content (AvgIpc) is 2.66. The number of amides is 2. The molecule has 0 aromatic carbocycles. The summed E-state index contributed by atoms with van der Waals surface area (Å²) < 4.78 is 5.18. The maximum absolute atomic E-state index is 12.6. The number of rotatable bonds is 7. The van der Waals surface area contributed by atoms with E-state index in [1.807, 2.05) is 37.8 Å². The molecule has 2 rings (SSSR count). The molecule has 2 amide bonds. The van der Waals surface area contributed by atoms with Gasteiger partial charge in [-0.05, 0) is 52.2 Å². The molecule has 1 aromatic rings. The zero-order valence-electron chi connectivity index (χ0n) is 17.2. The predicted octanol–water partition coefficient (Wildman–Crippen LogP) is 1.75. The summed E-state index contributed by atoms with van der Waals surface area (Å²) in [6.07, 6.45) is 5.29. The third-order valence-electron chi connectivity index (χ3n) is 4.55. The van der Waals surface area contributed by atoms with Crippen molar-refractivity contribution in [2.75, 3.05) is 37.6 Å². The van der Waals surface area contributed by atoms with Crippen LogP contribution >= 0.6 is 0 Å². The van der Waals surface area contributed by atoms with E-state index in [0.29, 0.717) is 26.1 Å². The third kappa shape index (κ3) is 7.34. The van der Waals surface area contributed by atoms with E-state index in [1.54, 1.807) is 12.4 Å². The molecule has 28 heavy (non-hydrogen) atoms. The van der Waals surface area contributed by atoms with Crippen LogP contribution < -0.4 is 16.0 Å². The number of pyridine rings is 1. The number of carbonyl (C=O) groups is 2. The summed E-state index contributed by atoms with van der Waals surface area (Å²) in [7, 11) is 0. The lowest BCUT2D eigenvalue weighted by molar-refractivity contribution is -0.133. The van der Waals surface area contributed by atoms with Gasteiger partial charge >= 0.3 is 6.09 Å². The van der Waals surface area contributed by atoms with Crippen molar-refractivity contribution in [1.82, 2.24) is 15.2 Å². The summed E-state index contributed by atoms with van der Waals surface area (Å²) in [6.45, 7) is 8.94. The van der Waals surface area contributed by atoms with E-state index in [1.165, 1.54) is 0 Å². The second-order valence-electron chi connectivity index (χ2n) is 8.05. The molecule has 0 bridgehead atoms. The number of nitrogens with zero attached hydrogens (tertiary/aromatic N) is 3. The molecule has 0 spiro atoms. The van der Waals surface area contributed by atoms with Crippen LogP contribution in [0.15, 0.2) is 24.5 Å². The van der Waals surface area contributed by atoms with Crippen molar-refractivity contribution < 1.29 is 14.3 Å². The van der Waals surface area contributed by atoms with Gasteiger partial charge in [0.1, 0.15) is 5.60 Å². The van der Waals surface area contributed by atoms with E-state index in [4.69, 9.17) is 10.5 Å². The largest absolute Gasteiger partial charge is 0.444 e. The fourth-order valence-corrected chi connectivity index (χ4v) is 3.09. The molecule has 2 heterocycles. The van der Waals surface area contributed by atoms with Gasteiger partial charge in [-0.15, -0.1) is 0 Å². The summed E-state index contributed by atoms with van der Waals surface area (Å²) in [5, 5.41) is 2.72. The zero-order chi connectivity index (χ0) is 20.6. The maximum Gasteiger partial charge on any atom is 0.407 e. The first-order valence-electron chi connectivity index (χ1n) is 9.92. The number of anilines is 1. The Labute approximate surface area is 167 Å². The van der Waals surface area contributed by atoms with Crippen LogP contribution in [0.1, 0.15) is 40.0 Å². The Morgan fingerprint density at radius 1 is 1.18 bits per heavy atom. The molecule has 8 nitrogen and oxygen atoms in total. The van der Waals surface area contributed by atoms with Gasteiger partial charge in [0.2, 0.25) is 5.91 Å². The van der Waals surface area contributed by atoms with Gasteiger partial charge in [0.25, 0.3) is 0 Å². The predicted molar refractivity (Wildman–Crippen MR) is 109 cm³/mol. The van der Waals surface area contributed by atoms with Gasteiger partial charge in [-0.2, -0.15) is 0 Å². The summed E-state index contributed by atoms with van der Waals surface area (Å²) in [4.78, 5) is 32.3. The van der Waals surface area contributed by atoms with Crippen LogP contribution in [-0.4, -0.2) is 66.3 Å². The number of alkyl carbamates (subject to hydrolysis) is 1. The summed E-state index contributed by atoms with van der Waals surface area (Å²) >= 11 is 0. The van der Waals surface area contributed by atoms with E-state index in [9.17, 15) is 9.59 Å². The minimum atomic E-state index is -0.500. The number of hydrogen-bond donors (Lipinski definition) is 2. The summed E-state index contributed by atoms with van der Waals surface area (Å²) in [6, 6.07) is 3.47. The van der Waals surface area contributed by atoms with Crippen molar-refractivity contribution in [3.05, 3.63) is 24.5 Å². The van der Waals surface area contributed by atoms with Gasteiger partial charge in [-0.1, -0.05) is 0 Å². The summed E-state index contributed by atoms with van der Waals surface area (Å²) in [5.74, 6) is 0.00878. The highest BCUT2D eigenvalue weighted by Crippen LogP contribution is 2.15. The molecule has 1 aliphatic rings. The lowest BCUT2D eigenvalue weighted by Gasteiger charge is -2.37. The summed E-state index contributed by atoms with van der Waals surface area (Å²) in [5.41, 5.74) is 6.72. The molecule has 0 unspecified atom stereocenters. The van der Waals surface area contributed by atoms with Crippen LogP contribution in [0, 0.1) is 0 Å². The molecule has 156 valence electrons. The highest BCUT2D eigenvalue weighted by Gasteiger charge is 2.25. The fourth-order valence-electron chi connectivity index (χ4n) is 3.09. The number of ether oxygens (including phenoxy) is 1. The molecular formula is C20H33N5O3. The molecule has 1 atom stereocenters. The number of nitrogens with two attached hydrogens (primary N) is 1. The highest BCUT2D eigenvalue weighted by molar-refractivity contribution is 5.81. The SMILES string of the molecule is CC(C)(C)OC(=O)NCCCC[C@@H](N)C(=O)N1CCN(c2ccncc2)CC1. The first-order chi connectivity index (χ1) is 13.3. The molecule has 1 aliphatic heterocycles. The van der Waals surface area contributed by atoms with E-state index in [-0.39, 0.29) is 5.91 Å². The van der Waals surface area contributed by atoms with Gasteiger partial charge in [-0.3, -0.25) is 9.78 Å². The minimum Gasteiger partial charge on any atom is -0.444 e. The molecule has 1 aromatic heterocycles. The number of hydrogen-bond acceptors (Lipinski definition) is 6. The van der Waals surface area contributed by atoms with Crippen LogP contribution in [-0.2, 0) is 9.53 Å². The quantitative estimate of drug-likeness (QED) is 0.687. The van der Waals surface area contributed by atoms with Gasteiger partial charge in [0, 0.05) is 50.8 Å². The van der Waals surface area contributed by atoms with Crippen LogP contribution in [0.25, 0.3) is 0 Å². The number of piperazine rings is 1. The zero-order valence-corrected chi connectivity index (χ0v) is 17.2. The van der Waals surface area contributed by atoms with Gasteiger partial charge in [0.05, 0.1) is 6.04 Å². The number of carbonyl (C=O) groups excluding carboxylic acids is 2. The molecule has 0 saturated carbocycles. The Morgan fingerprint density at radius 2 is 1.82 bits per heavy atom. The van der Waals surface area contributed by atoms with Gasteiger partial charge < -0.3 is 25.6 Å². The monoisotopic (exact) mass is 391 g/mol. The molecule has 0 radical (unpaired) electrons. The fraction of sp³-hybridized carbons (Fsp3) is 0.650. The van der Waals surface area contributed by atoms with Crippen LogP contribution in [0.5, 0.6) is 0 Å². The molecule has 0 aliphatic carbocycles. The van der Waals surface area contributed by atoms with Crippen molar-refractivity contribution in [3.63, 3.8) is 0 Å². The first-order valence-corrected chi connectivity index (χ1v) is 9.92. The second kappa shape index (κ2) is 10.3. The van der Waals surface area contributed by atoms with Crippen molar-refractivity contribution >= 4 is 17.7 Å². The normalized spacial score (nSPS) is 15.9. The lowest BCUT2D eigenvalue weighted by Crippen LogP contribution is -2.53. The Hall–Kier alpha value is -2.35. The van der Waals surface area contributed by atoms with Crippen molar-refractivity contribution in [2.45, 2.75) is 51.7 Å². The minimum absolute atomic E-state index is 0.00878. The maximum atomic E-state index is 12.6. The third-order valence-corrected chi connectivity index (χ3v) is 4.55. The van der Waals surface area contributed by atoms with E-state index in [2.05, 4.69) is 15.2 Å². The lowest BCUT2D eigenvalue weighted by atomic mass is 10.1. The van der Waals surface area contributed by atoms with Crippen molar-refractivity contribution in [1.29, 1.82) is 0 Å². The van der Waals surface area contributed by atoms with Crippen molar-refractivity contribution in [3.8, 4) is 0 Å². The molecule has 8 heteroatoms. The number of aromatic nitrogens is 1. The Kier molecular flexibility index (Phi) is 8.04. The Balaban J connectivity index is 1.62. The first kappa shape index (κ1) is 21.9. The molecule has 3 N–H and O–H groups in total. The molecule has 1 saturated heterocycles. The van der Waals surface area contributed by atoms with Gasteiger partial charge in [-0.25, -0.2) is 4.79 Å². The van der Waals surface area contributed by atoms with Crippen LogP contribution in [0.2, 0.25) is 0 Å². The Morgan fingerprint density at radius 3 is 2.43 bits per heavy atom. The topological polar surface area (TPSA) is 101 Å². The average molecular weight is 392 g/mol. The Bertz CT molecular complexity index is 624. The number of unbranched alkanes of at least 4 members (excludes halogenated alkanes) is 1.